The number of fused-ring (bicyclic) bond motifs is 3. The Hall–Kier alpha value is -3.27. The first kappa shape index (κ1) is 22.5. The predicted molar refractivity (Wildman–Crippen MR) is 129 cm³/mol. The molecule has 0 saturated carbocycles. The van der Waals surface area contributed by atoms with Crippen LogP contribution < -0.4 is 5.32 Å². The summed E-state index contributed by atoms with van der Waals surface area (Å²) in [5.41, 5.74) is 1.83. The summed E-state index contributed by atoms with van der Waals surface area (Å²) in [4.78, 5) is 27.7. The maximum absolute atomic E-state index is 13.3. The number of nitrogens with one attached hydrogen (secondary N) is 1. The summed E-state index contributed by atoms with van der Waals surface area (Å²) in [6.07, 6.45) is 4.80. The molecule has 0 bridgehead atoms. The van der Waals surface area contributed by atoms with Gasteiger partial charge in [-0.2, -0.15) is 0 Å². The number of thioether (sulfide) groups is 1. The molecule has 3 aromatic heterocycles. The number of imidazole rings is 1. The fourth-order valence-corrected chi connectivity index (χ4v) is 5.57. The van der Waals surface area contributed by atoms with E-state index in [-0.39, 0.29) is 36.2 Å². The van der Waals surface area contributed by atoms with Crippen molar-refractivity contribution >= 4 is 40.4 Å². The number of amides is 2. The van der Waals surface area contributed by atoms with E-state index in [1.165, 1.54) is 11.8 Å². The van der Waals surface area contributed by atoms with Gasteiger partial charge in [0.2, 0.25) is 17.6 Å². The van der Waals surface area contributed by atoms with Gasteiger partial charge in [-0.15, -0.1) is 10.2 Å². The average Bonchev–Trinajstić information content (AvgIpc) is 3.55. The van der Waals surface area contributed by atoms with Gasteiger partial charge in [-0.05, 0) is 57.4 Å². The van der Waals surface area contributed by atoms with Crippen molar-refractivity contribution in [2.75, 3.05) is 5.75 Å². The van der Waals surface area contributed by atoms with Gasteiger partial charge in [0.25, 0.3) is 0 Å². The van der Waals surface area contributed by atoms with Crippen LogP contribution in [0.3, 0.4) is 0 Å². The monoisotopic (exact) mass is 480 g/mol. The highest BCUT2D eigenvalue weighted by atomic mass is 32.2. The number of para-hydroxylation sites is 2. The van der Waals surface area contributed by atoms with E-state index in [0.29, 0.717) is 23.2 Å². The van der Waals surface area contributed by atoms with E-state index in [1.54, 1.807) is 12.3 Å². The van der Waals surface area contributed by atoms with Crippen molar-refractivity contribution in [3.05, 3.63) is 48.4 Å². The lowest BCUT2D eigenvalue weighted by molar-refractivity contribution is -0.137. The Morgan fingerprint density at radius 3 is 2.59 bits per heavy atom. The predicted octanol–water partition coefficient (Wildman–Crippen LogP) is 3.48. The number of carbonyl (C=O) groups excluding carboxylic acids is 2. The molecule has 1 N–H and O–H groups in total. The zero-order valence-corrected chi connectivity index (χ0v) is 20.1. The van der Waals surface area contributed by atoms with Crippen molar-refractivity contribution < 1.29 is 14.0 Å². The van der Waals surface area contributed by atoms with Gasteiger partial charge in [0.15, 0.2) is 5.16 Å². The topological polar surface area (TPSA) is 97.7 Å². The van der Waals surface area contributed by atoms with Crippen LogP contribution in [0.1, 0.15) is 38.9 Å². The third kappa shape index (κ3) is 4.29. The van der Waals surface area contributed by atoms with E-state index in [4.69, 9.17) is 4.42 Å². The first-order valence-electron chi connectivity index (χ1n) is 11.6. The van der Waals surface area contributed by atoms with Gasteiger partial charge < -0.3 is 14.6 Å². The lowest BCUT2D eigenvalue weighted by Crippen LogP contribution is -2.48. The molecule has 1 aromatic carbocycles. The van der Waals surface area contributed by atoms with Crippen molar-refractivity contribution in [1.82, 2.24) is 29.4 Å². The molecule has 0 aliphatic carbocycles. The van der Waals surface area contributed by atoms with Crippen molar-refractivity contribution in [2.45, 2.75) is 63.4 Å². The molecule has 1 aliphatic heterocycles. The fourth-order valence-electron chi connectivity index (χ4n) is 4.80. The van der Waals surface area contributed by atoms with Gasteiger partial charge in [-0.1, -0.05) is 23.9 Å². The number of aromatic nitrogens is 4. The Balaban J connectivity index is 1.37. The van der Waals surface area contributed by atoms with E-state index in [1.807, 2.05) is 44.2 Å². The van der Waals surface area contributed by atoms with E-state index in [0.717, 1.165) is 30.3 Å². The summed E-state index contributed by atoms with van der Waals surface area (Å²) in [5.74, 6) is 1.48. The summed E-state index contributed by atoms with van der Waals surface area (Å²) in [7, 11) is 0. The molecule has 4 aromatic rings. The van der Waals surface area contributed by atoms with Gasteiger partial charge in [0.1, 0.15) is 12.3 Å². The fraction of sp³-hybridized carbons (Fsp3) is 0.417. The van der Waals surface area contributed by atoms with Crippen LogP contribution in [0.25, 0.3) is 16.8 Å². The minimum absolute atomic E-state index is 0.0949. The van der Waals surface area contributed by atoms with Gasteiger partial charge in [-0.25, -0.2) is 0 Å². The number of carbonyl (C=O) groups is 2. The number of hydrogen-bond acceptors (Lipinski definition) is 6. The molecule has 5 rings (SSSR count). The van der Waals surface area contributed by atoms with Gasteiger partial charge in [-0.3, -0.25) is 18.6 Å². The molecular weight excluding hydrogens is 452 g/mol. The van der Waals surface area contributed by atoms with Crippen molar-refractivity contribution in [2.24, 2.45) is 0 Å². The Kier molecular flexibility index (Phi) is 6.32. The number of piperidine rings is 1. The molecule has 4 heterocycles. The summed E-state index contributed by atoms with van der Waals surface area (Å²) in [5, 5.41) is 12.2. The molecule has 9 nitrogen and oxygen atoms in total. The minimum atomic E-state index is -0.120. The van der Waals surface area contributed by atoms with Crippen LogP contribution in [-0.4, -0.2) is 53.7 Å². The number of furan rings is 1. The van der Waals surface area contributed by atoms with E-state index < -0.39 is 0 Å². The second kappa shape index (κ2) is 9.54. The number of benzene rings is 1. The first-order valence-corrected chi connectivity index (χ1v) is 12.6. The highest BCUT2D eigenvalue weighted by Gasteiger charge is 2.30. The molecule has 34 heavy (non-hydrogen) atoms. The second-order valence-corrected chi connectivity index (χ2v) is 9.71. The second-order valence-electron chi connectivity index (χ2n) is 8.77. The molecule has 10 heteroatoms. The molecule has 2 atom stereocenters. The molecule has 1 saturated heterocycles. The molecule has 178 valence electrons. The molecular formula is C24H28N6O3S. The summed E-state index contributed by atoms with van der Waals surface area (Å²) < 4.78 is 9.11. The molecule has 0 radical (unpaired) electrons. The van der Waals surface area contributed by atoms with Gasteiger partial charge in [0.05, 0.1) is 29.6 Å². The Labute approximate surface area is 201 Å². The van der Waals surface area contributed by atoms with Crippen LogP contribution in [0.15, 0.2) is 52.2 Å². The molecule has 0 spiro atoms. The Morgan fingerprint density at radius 1 is 1.09 bits per heavy atom. The highest BCUT2D eigenvalue weighted by Crippen LogP contribution is 2.27. The van der Waals surface area contributed by atoms with Crippen molar-refractivity contribution in [3.8, 4) is 0 Å². The van der Waals surface area contributed by atoms with Crippen LogP contribution in [0, 0.1) is 0 Å². The largest absolute Gasteiger partial charge is 0.467 e. The summed E-state index contributed by atoms with van der Waals surface area (Å²) in [6, 6.07) is 12.0. The van der Waals surface area contributed by atoms with Crippen molar-refractivity contribution in [1.29, 1.82) is 0 Å². The van der Waals surface area contributed by atoms with Crippen LogP contribution >= 0.6 is 11.8 Å². The van der Waals surface area contributed by atoms with Crippen molar-refractivity contribution in [3.63, 3.8) is 0 Å². The van der Waals surface area contributed by atoms with E-state index in [2.05, 4.69) is 29.4 Å². The SMILES string of the molecule is CC1CCCC(C)N1C(=O)Cn1c2ccccc2n2c(SCC(=O)NCc3ccco3)nnc12. The lowest BCUT2D eigenvalue weighted by atomic mass is 9.97. The quantitative estimate of drug-likeness (QED) is 0.407. The van der Waals surface area contributed by atoms with E-state index in [9.17, 15) is 9.59 Å². The molecule has 2 unspecified atom stereocenters. The number of nitrogens with zero attached hydrogens (tertiary/aromatic N) is 5. The zero-order valence-electron chi connectivity index (χ0n) is 19.3. The van der Waals surface area contributed by atoms with E-state index >= 15 is 0 Å². The first-order chi connectivity index (χ1) is 16.5. The number of rotatable bonds is 7. The average molecular weight is 481 g/mol. The Bertz CT molecular complexity index is 1300. The Morgan fingerprint density at radius 2 is 1.85 bits per heavy atom. The lowest BCUT2D eigenvalue weighted by Gasteiger charge is -2.39. The third-order valence-electron chi connectivity index (χ3n) is 6.42. The highest BCUT2D eigenvalue weighted by molar-refractivity contribution is 7.99. The van der Waals surface area contributed by atoms with Gasteiger partial charge in [0, 0.05) is 12.1 Å². The smallest absolute Gasteiger partial charge is 0.243 e. The maximum Gasteiger partial charge on any atom is 0.243 e. The third-order valence-corrected chi connectivity index (χ3v) is 7.35. The molecule has 1 fully saturated rings. The molecule has 2 amide bonds. The number of hydrogen-bond donors (Lipinski definition) is 1. The number of likely N-dealkylation sites (tertiary alicyclic amines) is 1. The maximum atomic E-state index is 13.3. The normalized spacial score (nSPS) is 18.6. The van der Waals surface area contributed by atoms with Crippen LogP contribution in [0.4, 0.5) is 0 Å². The minimum Gasteiger partial charge on any atom is -0.467 e. The summed E-state index contributed by atoms with van der Waals surface area (Å²) >= 11 is 1.32. The molecule has 1 aliphatic rings. The van der Waals surface area contributed by atoms with Gasteiger partial charge >= 0.3 is 0 Å². The standard InChI is InChI=1S/C24H28N6O3S/c1-16-7-5-8-17(2)29(16)22(32)14-28-19-10-3-4-11-20(19)30-23(28)26-27-24(30)34-15-21(31)25-13-18-9-6-12-33-18/h3-4,6,9-12,16-17H,5,7-8,13-15H2,1-2H3,(H,25,31). The summed E-state index contributed by atoms with van der Waals surface area (Å²) in [6.45, 7) is 4.80. The van der Waals surface area contributed by atoms with Crippen LogP contribution in [-0.2, 0) is 22.7 Å². The van der Waals surface area contributed by atoms with Crippen LogP contribution in [0.5, 0.6) is 0 Å². The van der Waals surface area contributed by atoms with Crippen LogP contribution in [0.2, 0.25) is 0 Å². The zero-order chi connectivity index (χ0) is 23.7.